The monoisotopic (exact) mass is 277 g/mol. The van der Waals surface area contributed by atoms with Gasteiger partial charge in [0, 0.05) is 31.8 Å². The first-order chi connectivity index (χ1) is 6.97. The molecule has 0 saturated heterocycles. The number of hydrogen-bond donors (Lipinski definition) is 1. The van der Waals surface area contributed by atoms with Crippen LogP contribution in [0.25, 0.3) is 0 Å². The van der Waals surface area contributed by atoms with E-state index in [-0.39, 0.29) is 19.4 Å². The van der Waals surface area contributed by atoms with Crippen LogP contribution in [0.4, 0.5) is 8.78 Å². The van der Waals surface area contributed by atoms with E-state index < -0.39 is 11.3 Å². The van der Waals surface area contributed by atoms with Crippen molar-refractivity contribution in [1.82, 2.24) is 9.97 Å². The minimum absolute atomic E-state index is 0.157. The third-order valence-corrected chi connectivity index (χ3v) is 3.09. The van der Waals surface area contributed by atoms with Crippen LogP contribution >= 0.6 is 15.9 Å². The number of nitrogens with zero attached hydrogens (tertiary/aromatic N) is 2. The second-order valence-electron chi connectivity index (χ2n) is 3.92. The third kappa shape index (κ3) is 1.88. The average Bonchev–Trinajstić information content (AvgIpc) is 2.14. The molecule has 1 aromatic rings. The van der Waals surface area contributed by atoms with E-state index in [1.54, 1.807) is 12.4 Å². The Bertz CT molecular complexity index is 358. The number of halogens is 3. The fourth-order valence-electron chi connectivity index (χ4n) is 1.92. The van der Waals surface area contributed by atoms with Gasteiger partial charge in [-0.3, -0.25) is 0 Å². The van der Waals surface area contributed by atoms with E-state index in [0.717, 1.165) is 4.47 Å². The minimum atomic E-state index is -2.62. The molecular formula is C9H10BrF2N3. The van der Waals surface area contributed by atoms with Crippen LogP contribution in [-0.2, 0) is 5.41 Å². The molecule has 0 radical (unpaired) electrons. The van der Waals surface area contributed by atoms with E-state index in [2.05, 4.69) is 25.9 Å². The first kappa shape index (κ1) is 10.9. The summed E-state index contributed by atoms with van der Waals surface area (Å²) in [5, 5.41) is 0. The predicted octanol–water partition coefficient (Wildman–Crippen LogP) is 1.86. The Balaban J connectivity index is 2.25. The van der Waals surface area contributed by atoms with Crippen molar-refractivity contribution in [2.24, 2.45) is 5.73 Å². The summed E-state index contributed by atoms with van der Waals surface area (Å²) in [5.41, 5.74) is 4.80. The van der Waals surface area contributed by atoms with Gasteiger partial charge in [0.25, 0.3) is 0 Å². The molecule has 3 nitrogen and oxygen atoms in total. The maximum atomic E-state index is 12.9. The SMILES string of the molecule is NCC1(c2ncc(Br)cn2)CC(F)(F)C1. The molecule has 0 spiro atoms. The first-order valence-corrected chi connectivity index (χ1v) is 5.33. The fraction of sp³-hybridized carbons (Fsp3) is 0.556. The van der Waals surface area contributed by atoms with E-state index >= 15 is 0 Å². The number of alkyl halides is 2. The molecule has 0 atom stereocenters. The van der Waals surface area contributed by atoms with E-state index in [4.69, 9.17) is 5.73 Å². The lowest BCUT2D eigenvalue weighted by Gasteiger charge is -2.45. The molecule has 1 aromatic heterocycles. The van der Waals surface area contributed by atoms with Crippen molar-refractivity contribution in [3.63, 3.8) is 0 Å². The Morgan fingerprint density at radius 1 is 1.33 bits per heavy atom. The molecule has 1 heterocycles. The minimum Gasteiger partial charge on any atom is -0.329 e. The van der Waals surface area contributed by atoms with Crippen molar-refractivity contribution in [3.8, 4) is 0 Å². The molecule has 15 heavy (non-hydrogen) atoms. The van der Waals surface area contributed by atoms with Crippen LogP contribution in [0.1, 0.15) is 18.7 Å². The molecule has 0 amide bonds. The van der Waals surface area contributed by atoms with E-state index in [1.165, 1.54) is 0 Å². The van der Waals surface area contributed by atoms with Crippen LogP contribution in [0.15, 0.2) is 16.9 Å². The highest BCUT2D eigenvalue weighted by atomic mass is 79.9. The lowest BCUT2D eigenvalue weighted by molar-refractivity contribution is -0.126. The van der Waals surface area contributed by atoms with Gasteiger partial charge < -0.3 is 5.73 Å². The van der Waals surface area contributed by atoms with Crippen molar-refractivity contribution in [3.05, 3.63) is 22.7 Å². The van der Waals surface area contributed by atoms with Gasteiger partial charge in [-0.15, -0.1) is 0 Å². The Morgan fingerprint density at radius 2 is 1.87 bits per heavy atom. The summed E-state index contributed by atoms with van der Waals surface area (Å²) in [6.07, 6.45) is 2.60. The van der Waals surface area contributed by atoms with Gasteiger partial charge >= 0.3 is 0 Å². The lowest BCUT2D eigenvalue weighted by atomic mass is 9.65. The second kappa shape index (κ2) is 3.45. The quantitative estimate of drug-likeness (QED) is 0.898. The molecule has 2 N–H and O–H groups in total. The van der Waals surface area contributed by atoms with Crippen LogP contribution in [0.2, 0.25) is 0 Å². The molecule has 82 valence electrons. The van der Waals surface area contributed by atoms with Gasteiger partial charge in [-0.25, -0.2) is 18.7 Å². The van der Waals surface area contributed by atoms with Crippen LogP contribution in [0.5, 0.6) is 0 Å². The number of aromatic nitrogens is 2. The Morgan fingerprint density at radius 3 is 2.27 bits per heavy atom. The molecule has 0 unspecified atom stereocenters. The van der Waals surface area contributed by atoms with Gasteiger partial charge in [-0.2, -0.15) is 0 Å². The van der Waals surface area contributed by atoms with E-state index in [0.29, 0.717) is 5.82 Å². The zero-order valence-corrected chi connectivity index (χ0v) is 9.47. The van der Waals surface area contributed by atoms with E-state index in [1.807, 2.05) is 0 Å². The van der Waals surface area contributed by atoms with Crippen molar-refractivity contribution >= 4 is 15.9 Å². The maximum absolute atomic E-state index is 12.9. The number of hydrogen-bond acceptors (Lipinski definition) is 3. The van der Waals surface area contributed by atoms with Crippen molar-refractivity contribution in [2.45, 2.75) is 24.2 Å². The lowest BCUT2D eigenvalue weighted by Crippen LogP contribution is -2.54. The number of rotatable bonds is 2. The van der Waals surface area contributed by atoms with E-state index in [9.17, 15) is 8.78 Å². The summed E-state index contributed by atoms with van der Waals surface area (Å²) >= 11 is 3.19. The average molecular weight is 278 g/mol. The summed E-state index contributed by atoms with van der Waals surface area (Å²) in [7, 11) is 0. The van der Waals surface area contributed by atoms with Crippen LogP contribution < -0.4 is 5.73 Å². The smallest absolute Gasteiger partial charge is 0.250 e. The Kier molecular flexibility index (Phi) is 2.50. The van der Waals surface area contributed by atoms with Gasteiger partial charge in [0.1, 0.15) is 5.82 Å². The largest absolute Gasteiger partial charge is 0.329 e. The molecule has 6 heteroatoms. The molecule has 2 rings (SSSR count). The Labute approximate surface area is 94.2 Å². The summed E-state index contributed by atoms with van der Waals surface area (Å²) < 4.78 is 26.5. The highest BCUT2D eigenvalue weighted by molar-refractivity contribution is 9.10. The summed E-state index contributed by atoms with van der Waals surface area (Å²) in [5.74, 6) is -2.20. The topological polar surface area (TPSA) is 51.8 Å². The van der Waals surface area contributed by atoms with Gasteiger partial charge in [0.2, 0.25) is 5.92 Å². The second-order valence-corrected chi connectivity index (χ2v) is 4.83. The first-order valence-electron chi connectivity index (χ1n) is 4.53. The van der Waals surface area contributed by atoms with Crippen molar-refractivity contribution in [1.29, 1.82) is 0 Å². The molecule has 1 aliphatic rings. The highest BCUT2D eigenvalue weighted by Crippen LogP contribution is 2.51. The third-order valence-electron chi connectivity index (χ3n) is 2.68. The summed E-state index contributed by atoms with van der Waals surface area (Å²) in [6, 6.07) is 0. The molecule has 1 saturated carbocycles. The molecular weight excluding hydrogens is 268 g/mol. The maximum Gasteiger partial charge on any atom is 0.250 e. The predicted molar refractivity (Wildman–Crippen MR) is 54.6 cm³/mol. The summed E-state index contributed by atoms with van der Waals surface area (Å²) in [6.45, 7) is 0.157. The standard InChI is InChI=1S/C9H10BrF2N3/c10-6-1-14-7(15-2-6)8(5-13)3-9(11,12)4-8/h1-2H,3-5,13H2. The molecule has 1 aliphatic carbocycles. The zero-order chi connectivity index (χ0) is 11.1. The van der Waals surface area contributed by atoms with Crippen LogP contribution in [0.3, 0.4) is 0 Å². The normalized spacial score (nSPS) is 22.1. The summed E-state index contributed by atoms with van der Waals surface area (Å²) in [4.78, 5) is 8.08. The van der Waals surface area contributed by atoms with Gasteiger partial charge in [-0.05, 0) is 15.9 Å². The van der Waals surface area contributed by atoms with Crippen LogP contribution in [-0.4, -0.2) is 22.4 Å². The van der Waals surface area contributed by atoms with Gasteiger partial charge in [0.15, 0.2) is 0 Å². The number of nitrogens with two attached hydrogens (primary N) is 1. The fourth-order valence-corrected chi connectivity index (χ4v) is 2.12. The van der Waals surface area contributed by atoms with Crippen LogP contribution in [0, 0.1) is 0 Å². The zero-order valence-electron chi connectivity index (χ0n) is 7.88. The molecule has 0 aliphatic heterocycles. The highest BCUT2D eigenvalue weighted by Gasteiger charge is 2.58. The Hall–Kier alpha value is -0.620. The molecule has 0 aromatic carbocycles. The van der Waals surface area contributed by atoms with Gasteiger partial charge in [-0.1, -0.05) is 0 Å². The van der Waals surface area contributed by atoms with Gasteiger partial charge in [0.05, 0.1) is 9.89 Å². The molecule has 1 fully saturated rings. The van der Waals surface area contributed by atoms with Crippen molar-refractivity contribution < 1.29 is 8.78 Å². The molecule has 0 bridgehead atoms. The van der Waals surface area contributed by atoms with Crippen molar-refractivity contribution in [2.75, 3.05) is 6.54 Å².